The monoisotopic (exact) mass is 278 g/mol. The third kappa shape index (κ3) is 2.49. The highest BCUT2D eigenvalue weighted by atomic mass is 16.2. The molecule has 114 valence electrons. The summed E-state index contributed by atoms with van der Waals surface area (Å²) in [4.78, 5) is 14.9. The summed E-state index contributed by atoms with van der Waals surface area (Å²) in [5.74, 6) is 3.42. The summed E-state index contributed by atoms with van der Waals surface area (Å²) in [6.07, 6.45) is 8.20. The van der Waals surface area contributed by atoms with Gasteiger partial charge in [-0.3, -0.25) is 10.1 Å². The first-order valence-electron chi connectivity index (χ1n) is 8.66. The van der Waals surface area contributed by atoms with Gasteiger partial charge in [-0.05, 0) is 49.4 Å². The van der Waals surface area contributed by atoms with Crippen LogP contribution in [-0.4, -0.2) is 29.6 Å². The van der Waals surface area contributed by atoms with Crippen LogP contribution in [0.25, 0.3) is 0 Å². The molecule has 2 aliphatic carbocycles. The van der Waals surface area contributed by atoms with E-state index in [1.165, 1.54) is 25.7 Å². The van der Waals surface area contributed by atoms with Crippen molar-refractivity contribution in [3.05, 3.63) is 0 Å². The van der Waals surface area contributed by atoms with Gasteiger partial charge in [-0.2, -0.15) is 0 Å². The van der Waals surface area contributed by atoms with Gasteiger partial charge in [0.2, 0.25) is 5.91 Å². The molecule has 0 spiro atoms. The Morgan fingerprint density at radius 1 is 1.30 bits per heavy atom. The maximum Gasteiger partial charge on any atom is 0.241 e. The highest BCUT2D eigenvalue weighted by Crippen LogP contribution is 2.48. The molecular weight excluding hydrogens is 248 g/mol. The number of hydrogen-bond acceptors (Lipinski definition) is 2. The third-order valence-electron chi connectivity index (χ3n) is 5.84. The molecule has 1 amide bonds. The molecule has 0 aromatic carbocycles. The zero-order valence-electron chi connectivity index (χ0n) is 13.3. The Bertz CT molecular complexity index is 368. The predicted molar refractivity (Wildman–Crippen MR) is 81.1 cm³/mol. The Morgan fingerprint density at radius 3 is 2.65 bits per heavy atom. The van der Waals surface area contributed by atoms with Crippen molar-refractivity contribution in [1.82, 2.24) is 10.2 Å². The molecule has 1 aliphatic heterocycles. The van der Waals surface area contributed by atoms with E-state index in [4.69, 9.17) is 0 Å². The Kier molecular flexibility index (Phi) is 4.07. The summed E-state index contributed by atoms with van der Waals surface area (Å²) in [6.45, 7) is 7.53. The standard InChI is InChI=1S/C17H30N2O/c1-4-5-15-18-16(11(2)3)17(20)19(15)10-14-9-12-6-7-13(14)8-12/h11-16,18H,4-10H2,1-3H3. The quantitative estimate of drug-likeness (QED) is 0.838. The van der Waals surface area contributed by atoms with E-state index in [1.54, 1.807) is 0 Å². The fraction of sp³-hybridized carbons (Fsp3) is 0.941. The van der Waals surface area contributed by atoms with E-state index < -0.39 is 0 Å². The molecule has 3 fully saturated rings. The molecule has 3 aliphatic rings. The van der Waals surface area contributed by atoms with Crippen LogP contribution in [-0.2, 0) is 4.79 Å². The second-order valence-corrected chi connectivity index (χ2v) is 7.62. The molecule has 2 saturated carbocycles. The minimum absolute atomic E-state index is 0.0464. The lowest BCUT2D eigenvalue weighted by atomic mass is 9.88. The number of carbonyl (C=O) groups excluding carboxylic acids is 1. The summed E-state index contributed by atoms with van der Waals surface area (Å²) in [5, 5.41) is 3.59. The summed E-state index contributed by atoms with van der Waals surface area (Å²) < 4.78 is 0. The van der Waals surface area contributed by atoms with E-state index in [0.717, 1.165) is 37.1 Å². The third-order valence-corrected chi connectivity index (χ3v) is 5.84. The summed E-state index contributed by atoms with van der Waals surface area (Å²) in [5.41, 5.74) is 0. The number of hydrogen-bond donors (Lipinski definition) is 1. The molecule has 1 heterocycles. The fourth-order valence-corrected chi connectivity index (χ4v) is 4.76. The number of fused-ring (bicyclic) bond motifs is 2. The minimum Gasteiger partial charge on any atom is -0.326 e. The van der Waals surface area contributed by atoms with Crippen molar-refractivity contribution in [1.29, 1.82) is 0 Å². The lowest BCUT2D eigenvalue weighted by Gasteiger charge is -2.30. The average molecular weight is 278 g/mol. The second kappa shape index (κ2) is 5.67. The van der Waals surface area contributed by atoms with Gasteiger partial charge in [-0.15, -0.1) is 0 Å². The second-order valence-electron chi connectivity index (χ2n) is 7.62. The number of carbonyl (C=O) groups is 1. The molecule has 2 bridgehead atoms. The van der Waals surface area contributed by atoms with Crippen LogP contribution in [0.1, 0.15) is 59.3 Å². The van der Waals surface area contributed by atoms with Crippen LogP contribution in [0.3, 0.4) is 0 Å². The molecule has 20 heavy (non-hydrogen) atoms. The molecule has 5 unspecified atom stereocenters. The van der Waals surface area contributed by atoms with Crippen LogP contribution in [0.5, 0.6) is 0 Å². The maximum atomic E-state index is 12.7. The van der Waals surface area contributed by atoms with Gasteiger partial charge in [0.15, 0.2) is 0 Å². The van der Waals surface area contributed by atoms with Crippen molar-refractivity contribution in [2.24, 2.45) is 23.7 Å². The fourth-order valence-electron chi connectivity index (χ4n) is 4.76. The molecule has 3 nitrogen and oxygen atoms in total. The van der Waals surface area contributed by atoms with E-state index >= 15 is 0 Å². The van der Waals surface area contributed by atoms with Crippen molar-refractivity contribution in [2.45, 2.75) is 71.5 Å². The van der Waals surface area contributed by atoms with Gasteiger partial charge >= 0.3 is 0 Å². The summed E-state index contributed by atoms with van der Waals surface area (Å²) in [7, 11) is 0. The average Bonchev–Trinajstić information content (AvgIpc) is 3.08. The van der Waals surface area contributed by atoms with Gasteiger partial charge in [0.25, 0.3) is 0 Å². The van der Waals surface area contributed by atoms with Crippen molar-refractivity contribution < 1.29 is 4.79 Å². The summed E-state index contributed by atoms with van der Waals surface area (Å²) in [6, 6.07) is 0.0464. The lowest BCUT2D eigenvalue weighted by molar-refractivity contribution is -0.131. The number of amides is 1. The Labute approximate surface area is 123 Å². The maximum absolute atomic E-state index is 12.7. The molecule has 3 heteroatoms. The lowest BCUT2D eigenvalue weighted by Crippen LogP contribution is -2.41. The van der Waals surface area contributed by atoms with Crippen LogP contribution in [0.15, 0.2) is 0 Å². The molecule has 0 radical (unpaired) electrons. The van der Waals surface area contributed by atoms with Crippen LogP contribution < -0.4 is 5.32 Å². The van der Waals surface area contributed by atoms with Crippen LogP contribution in [0.4, 0.5) is 0 Å². The van der Waals surface area contributed by atoms with Crippen LogP contribution in [0, 0.1) is 23.7 Å². The first-order valence-corrected chi connectivity index (χ1v) is 8.66. The van der Waals surface area contributed by atoms with E-state index in [9.17, 15) is 4.79 Å². The highest BCUT2D eigenvalue weighted by molar-refractivity contribution is 5.84. The van der Waals surface area contributed by atoms with E-state index in [0.29, 0.717) is 18.0 Å². The highest BCUT2D eigenvalue weighted by Gasteiger charge is 2.45. The Hall–Kier alpha value is -0.570. The van der Waals surface area contributed by atoms with Gasteiger partial charge in [0.05, 0.1) is 12.2 Å². The van der Waals surface area contributed by atoms with E-state index in [-0.39, 0.29) is 6.04 Å². The number of nitrogens with zero attached hydrogens (tertiary/aromatic N) is 1. The molecule has 1 saturated heterocycles. The predicted octanol–water partition coefficient (Wildman–Crippen LogP) is 3.01. The summed E-state index contributed by atoms with van der Waals surface area (Å²) >= 11 is 0. The van der Waals surface area contributed by atoms with Gasteiger partial charge in [-0.25, -0.2) is 0 Å². The van der Waals surface area contributed by atoms with Gasteiger partial charge < -0.3 is 4.90 Å². The molecule has 0 aromatic heterocycles. The van der Waals surface area contributed by atoms with Gasteiger partial charge in [0, 0.05) is 6.54 Å². The SMILES string of the molecule is CCCC1NC(C(C)C)C(=O)N1CC1CC2CCC1C2. The number of nitrogens with one attached hydrogen (secondary N) is 1. The van der Waals surface area contributed by atoms with Crippen molar-refractivity contribution >= 4 is 5.91 Å². The molecule has 0 aromatic rings. The zero-order valence-corrected chi connectivity index (χ0v) is 13.3. The van der Waals surface area contributed by atoms with Crippen molar-refractivity contribution in [2.75, 3.05) is 6.54 Å². The van der Waals surface area contributed by atoms with E-state index in [1.807, 2.05) is 0 Å². The van der Waals surface area contributed by atoms with Crippen LogP contribution >= 0.6 is 0 Å². The van der Waals surface area contributed by atoms with Crippen LogP contribution in [0.2, 0.25) is 0 Å². The molecular formula is C17H30N2O. The van der Waals surface area contributed by atoms with E-state index in [2.05, 4.69) is 31.0 Å². The zero-order chi connectivity index (χ0) is 14.3. The smallest absolute Gasteiger partial charge is 0.241 e. The molecule has 1 N–H and O–H groups in total. The first-order chi connectivity index (χ1) is 9.60. The Balaban J connectivity index is 1.67. The molecule has 5 atom stereocenters. The largest absolute Gasteiger partial charge is 0.326 e. The molecule has 3 rings (SSSR count). The van der Waals surface area contributed by atoms with Gasteiger partial charge in [0.1, 0.15) is 0 Å². The minimum atomic E-state index is 0.0464. The van der Waals surface area contributed by atoms with Crippen molar-refractivity contribution in [3.63, 3.8) is 0 Å². The van der Waals surface area contributed by atoms with Gasteiger partial charge in [-0.1, -0.05) is 33.6 Å². The van der Waals surface area contributed by atoms with Crippen molar-refractivity contribution in [3.8, 4) is 0 Å². The first kappa shape index (κ1) is 14.4. The Morgan fingerprint density at radius 2 is 2.10 bits per heavy atom. The number of rotatable bonds is 5. The normalized spacial score (nSPS) is 40.3. The topological polar surface area (TPSA) is 32.3 Å².